The lowest BCUT2D eigenvalue weighted by Crippen LogP contribution is -2.26. The van der Waals surface area contributed by atoms with Crippen molar-refractivity contribution in [2.24, 2.45) is 5.92 Å². The molecule has 1 saturated carbocycles. The van der Waals surface area contributed by atoms with Crippen molar-refractivity contribution in [1.29, 1.82) is 0 Å². The zero-order chi connectivity index (χ0) is 12.5. The van der Waals surface area contributed by atoms with E-state index in [0.29, 0.717) is 5.92 Å². The van der Waals surface area contributed by atoms with Crippen molar-refractivity contribution >= 4 is 10.9 Å². The molecule has 2 nitrogen and oxygen atoms in total. The van der Waals surface area contributed by atoms with E-state index in [9.17, 15) is 9.50 Å². The molecule has 1 heterocycles. The largest absolute Gasteiger partial charge is 0.393 e. The number of fused-ring (bicyclic) bond motifs is 1. The number of aromatic amines is 1. The summed E-state index contributed by atoms with van der Waals surface area (Å²) in [4.78, 5) is 3.11. The maximum atomic E-state index is 13.1. The van der Waals surface area contributed by atoms with E-state index in [1.165, 1.54) is 24.1 Å². The number of rotatable bonds is 2. The Kier molecular flexibility index (Phi) is 3.08. The minimum absolute atomic E-state index is 0.177. The van der Waals surface area contributed by atoms with Gasteiger partial charge >= 0.3 is 0 Å². The SMILES string of the molecule is OC1CCCCC1Cc1c[nH]c2cc(F)ccc12. The number of aromatic nitrogens is 1. The molecular weight excluding hydrogens is 229 g/mol. The van der Waals surface area contributed by atoms with Gasteiger partial charge in [0.15, 0.2) is 0 Å². The molecule has 96 valence electrons. The van der Waals surface area contributed by atoms with Gasteiger partial charge in [-0.05, 0) is 48.9 Å². The third kappa shape index (κ3) is 2.15. The molecular formula is C15H18FNO. The molecule has 0 saturated heterocycles. The maximum absolute atomic E-state index is 13.1. The highest BCUT2D eigenvalue weighted by Crippen LogP contribution is 2.30. The van der Waals surface area contributed by atoms with Crippen LogP contribution in [0.15, 0.2) is 24.4 Å². The van der Waals surface area contributed by atoms with Gasteiger partial charge in [0.2, 0.25) is 0 Å². The smallest absolute Gasteiger partial charge is 0.125 e. The number of halogens is 1. The van der Waals surface area contributed by atoms with Crippen LogP contribution in [0, 0.1) is 11.7 Å². The summed E-state index contributed by atoms with van der Waals surface area (Å²) in [6.07, 6.45) is 7.01. The van der Waals surface area contributed by atoms with Crippen molar-refractivity contribution in [2.75, 3.05) is 0 Å². The van der Waals surface area contributed by atoms with Crippen LogP contribution in [0.2, 0.25) is 0 Å². The third-order valence-corrected chi connectivity index (χ3v) is 4.08. The van der Waals surface area contributed by atoms with Crippen molar-refractivity contribution in [3.63, 3.8) is 0 Å². The lowest BCUT2D eigenvalue weighted by Gasteiger charge is -2.27. The Morgan fingerprint density at radius 2 is 2.11 bits per heavy atom. The normalized spacial score (nSPS) is 24.6. The van der Waals surface area contributed by atoms with Gasteiger partial charge in [-0.25, -0.2) is 4.39 Å². The van der Waals surface area contributed by atoms with E-state index < -0.39 is 0 Å². The van der Waals surface area contributed by atoms with E-state index in [1.54, 1.807) is 0 Å². The summed E-state index contributed by atoms with van der Waals surface area (Å²) in [5.41, 5.74) is 2.03. The van der Waals surface area contributed by atoms with E-state index in [2.05, 4.69) is 4.98 Å². The molecule has 0 bridgehead atoms. The molecule has 2 N–H and O–H groups in total. The van der Waals surface area contributed by atoms with Crippen LogP contribution in [0.25, 0.3) is 10.9 Å². The highest BCUT2D eigenvalue weighted by molar-refractivity contribution is 5.83. The Morgan fingerprint density at radius 1 is 1.28 bits per heavy atom. The fraction of sp³-hybridized carbons (Fsp3) is 0.467. The quantitative estimate of drug-likeness (QED) is 0.838. The molecule has 2 atom stereocenters. The molecule has 1 aromatic carbocycles. The second-order valence-electron chi connectivity index (χ2n) is 5.32. The topological polar surface area (TPSA) is 36.0 Å². The first kappa shape index (κ1) is 11.7. The van der Waals surface area contributed by atoms with E-state index in [1.807, 2.05) is 12.3 Å². The van der Waals surface area contributed by atoms with Crippen molar-refractivity contribution in [3.05, 3.63) is 35.8 Å². The standard InChI is InChI=1S/C15H18FNO/c16-12-5-6-13-11(9-17-14(13)8-12)7-10-3-1-2-4-15(10)18/h5-6,8-10,15,17-18H,1-4,7H2. The van der Waals surface area contributed by atoms with Gasteiger partial charge in [-0.2, -0.15) is 0 Å². The van der Waals surface area contributed by atoms with Gasteiger partial charge in [0.05, 0.1) is 6.10 Å². The molecule has 0 aliphatic heterocycles. The predicted octanol–water partition coefficient (Wildman–Crippen LogP) is 3.40. The summed E-state index contributed by atoms with van der Waals surface area (Å²) in [5, 5.41) is 11.1. The van der Waals surface area contributed by atoms with Gasteiger partial charge < -0.3 is 10.1 Å². The molecule has 1 fully saturated rings. The van der Waals surface area contributed by atoms with Gasteiger partial charge in [0, 0.05) is 17.1 Å². The Hall–Kier alpha value is -1.35. The number of H-pyrrole nitrogens is 1. The first-order chi connectivity index (χ1) is 8.74. The number of benzene rings is 1. The maximum Gasteiger partial charge on any atom is 0.125 e. The van der Waals surface area contributed by atoms with Gasteiger partial charge in [-0.15, -0.1) is 0 Å². The molecule has 18 heavy (non-hydrogen) atoms. The van der Waals surface area contributed by atoms with Crippen molar-refractivity contribution < 1.29 is 9.50 Å². The fourth-order valence-corrected chi connectivity index (χ4v) is 3.04. The average Bonchev–Trinajstić information content (AvgIpc) is 2.74. The zero-order valence-corrected chi connectivity index (χ0v) is 10.3. The van der Waals surface area contributed by atoms with Gasteiger partial charge in [-0.1, -0.05) is 12.8 Å². The van der Waals surface area contributed by atoms with Crippen LogP contribution in [0.4, 0.5) is 4.39 Å². The minimum atomic E-state index is -0.214. The molecule has 0 amide bonds. The van der Waals surface area contributed by atoms with Crippen LogP contribution in [-0.2, 0) is 6.42 Å². The Balaban J connectivity index is 1.86. The molecule has 3 rings (SSSR count). The van der Waals surface area contributed by atoms with Crippen LogP contribution in [0.5, 0.6) is 0 Å². The monoisotopic (exact) mass is 247 g/mol. The van der Waals surface area contributed by atoms with Crippen molar-refractivity contribution in [1.82, 2.24) is 4.98 Å². The summed E-state index contributed by atoms with van der Waals surface area (Å²) in [6.45, 7) is 0. The molecule has 3 heteroatoms. The molecule has 0 radical (unpaired) electrons. The second kappa shape index (κ2) is 4.73. The van der Waals surface area contributed by atoms with Crippen LogP contribution in [0.3, 0.4) is 0 Å². The lowest BCUT2D eigenvalue weighted by atomic mass is 9.82. The predicted molar refractivity (Wildman–Crippen MR) is 69.9 cm³/mol. The molecule has 1 aliphatic carbocycles. The van der Waals surface area contributed by atoms with Crippen LogP contribution in [-0.4, -0.2) is 16.2 Å². The van der Waals surface area contributed by atoms with Crippen molar-refractivity contribution in [3.8, 4) is 0 Å². The van der Waals surface area contributed by atoms with Gasteiger partial charge in [0.25, 0.3) is 0 Å². The summed E-state index contributed by atoms with van der Waals surface area (Å²) >= 11 is 0. The third-order valence-electron chi connectivity index (χ3n) is 4.08. The van der Waals surface area contributed by atoms with Crippen LogP contribution >= 0.6 is 0 Å². The highest BCUT2D eigenvalue weighted by Gasteiger charge is 2.24. The Bertz CT molecular complexity index is 548. The van der Waals surface area contributed by atoms with Crippen LogP contribution in [0.1, 0.15) is 31.2 Å². The molecule has 1 aromatic heterocycles. The number of nitrogens with one attached hydrogen (secondary N) is 1. The molecule has 0 spiro atoms. The van der Waals surface area contributed by atoms with E-state index in [4.69, 9.17) is 0 Å². The molecule has 2 unspecified atom stereocenters. The number of aliphatic hydroxyl groups excluding tert-OH is 1. The van der Waals surface area contributed by atoms with Crippen molar-refractivity contribution in [2.45, 2.75) is 38.2 Å². The fourth-order valence-electron chi connectivity index (χ4n) is 3.04. The van der Waals surface area contributed by atoms with Gasteiger partial charge in [-0.3, -0.25) is 0 Å². The Morgan fingerprint density at radius 3 is 2.94 bits per heavy atom. The van der Waals surface area contributed by atoms with E-state index in [-0.39, 0.29) is 11.9 Å². The average molecular weight is 247 g/mol. The minimum Gasteiger partial charge on any atom is -0.393 e. The first-order valence-corrected chi connectivity index (χ1v) is 6.67. The zero-order valence-electron chi connectivity index (χ0n) is 10.3. The summed E-state index contributed by atoms with van der Waals surface area (Å²) in [7, 11) is 0. The molecule has 2 aromatic rings. The Labute approximate surface area is 106 Å². The number of aliphatic hydroxyl groups is 1. The highest BCUT2D eigenvalue weighted by atomic mass is 19.1. The second-order valence-corrected chi connectivity index (χ2v) is 5.32. The van der Waals surface area contributed by atoms with E-state index >= 15 is 0 Å². The first-order valence-electron chi connectivity index (χ1n) is 6.67. The number of hydrogen-bond donors (Lipinski definition) is 2. The molecule has 1 aliphatic rings. The number of hydrogen-bond acceptors (Lipinski definition) is 1. The summed E-state index contributed by atoms with van der Waals surface area (Å²) in [5.74, 6) is 0.136. The lowest BCUT2D eigenvalue weighted by molar-refractivity contribution is 0.0702. The summed E-state index contributed by atoms with van der Waals surface area (Å²) in [6, 6.07) is 4.85. The summed E-state index contributed by atoms with van der Waals surface area (Å²) < 4.78 is 13.1. The van der Waals surface area contributed by atoms with Gasteiger partial charge in [0.1, 0.15) is 5.82 Å². The van der Waals surface area contributed by atoms with Crippen LogP contribution < -0.4 is 0 Å². The van der Waals surface area contributed by atoms with E-state index in [0.717, 1.165) is 36.6 Å².